The summed E-state index contributed by atoms with van der Waals surface area (Å²) in [6.45, 7) is 3.91. The molecule has 0 saturated carbocycles. The molecule has 1 N–H and O–H groups in total. The minimum atomic E-state index is 0.467. The van der Waals surface area contributed by atoms with Crippen LogP contribution in [0.1, 0.15) is 0 Å². The normalized spacial score (nSPS) is 25.3. The van der Waals surface area contributed by atoms with Crippen LogP contribution in [0.3, 0.4) is 0 Å². The number of rotatable bonds is 3. The molecule has 4 heteroatoms. The summed E-state index contributed by atoms with van der Waals surface area (Å²) in [6.07, 6.45) is 0.877. The maximum absolute atomic E-state index is 10.4. The van der Waals surface area contributed by atoms with Crippen molar-refractivity contribution in [2.24, 2.45) is 0 Å². The fraction of sp³-hybridized carbons (Fsp3) is 0.875. The molecule has 0 aromatic rings. The summed E-state index contributed by atoms with van der Waals surface area (Å²) in [4.78, 5) is 14.3. The lowest BCUT2D eigenvalue weighted by Gasteiger charge is -2.34. The Morgan fingerprint density at radius 1 is 1.75 bits per heavy atom. The van der Waals surface area contributed by atoms with Crippen LogP contribution < -0.4 is 5.32 Å². The van der Waals surface area contributed by atoms with Crippen LogP contribution >= 0.6 is 0 Å². The second-order valence-corrected chi connectivity index (χ2v) is 3.38. The number of carbonyl (C=O) groups is 1. The zero-order valence-electron chi connectivity index (χ0n) is 7.79. The summed E-state index contributed by atoms with van der Waals surface area (Å²) >= 11 is 0. The van der Waals surface area contributed by atoms with Gasteiger partial charge in [0.2, 0.25) is 6.41 Å². The standard InChI is InChI=1S/C8H17N3O/c1-10(7-12)6-8-5-9-3-4-11(8)2/h7-9H,3-6H2,1-2H3. The number of nitrogens with one attached hydrogen (secondary N) is 1. The largest absolute Gasteiger partial charge is 0.347 e. The van der Waals surface area contributed by atoms with E-state index in [2.05, 4.69) is 17.3 Å². The molecule has 0 spiro atoms. The molecule has 1 atom stereocenters. The molecule has 1 aliphatic rings. The third-order valence-electron chi connectivity index (χ3n) is 2.32. The molecular formula is C8H17N3O. The van der Waals surface area contributed by atoms with Crippen LogP contribution in [0.2, 0.25) is 0 Å². The lowest BCUT2D eigenvalue weighted by molar-refractivity contribution is -0.117. The van der Waals surface area contributed by atoms with E-state index in [1.165, 1.54) is 0 Å². The van der Waals surface area contributed by atoms with Gasteiger partial charge in [-0.3, -0.25) is 9.69 Å². The van der Waals surface area contributed by atoms with Gasteiger partial charge in [-0.2, -0.15) is 0 Å². The smallest absolute Gasteiger partial charge is 0.209 e. The van der Waals surface area contributed by atoms with E-state index in [0.29, 0.717) is 6.04 Å². The first-order valence-corrected chi connectivity index (χ1v) is 4.30. The highest BCUT2D eigenvalue weighted by molar-refractivity contribution is 5.46. The summed E-state index contributed by atoms with van der Waals surface area (Å²) in [5.41, 5.74) is 0. The van der Waals surface area contributed by atoms with Crippen molar-refractivity contribution in [3.63, 3.8) is 0 Å². The molecular weight excluding hydrogens is 154 g/mol. The van der Waals surface area contributed by atoms with E-state index in [1.54, 1.807) is 4.90 Å². The van der Waals surface area contributed by atoms with Gasteiger partial charge in [0.1, 0.15) is 0 Å². The molecule has 70 valence electrons. The van der Waals surface area contributed by atoms with Crippen molar-refractivity contribution in [2.45, 2.75) is 6.04 Å². The van der Waals surface area contributed by atoms with Crippen molar-refractivity contribution in [3.8, 4) is 0 Å². The van der Waals surface area contributed by atoms with Crippen LogP contribution in [-0.4, -0.2) is 62.5 Å². The van der Waals surface area contributed by atoms with Gasteiger partial charge in [0.15, 0.2) is 0 Å². The highest BCUT2D eigenvalue weighted by atomic mass is 16.1. The molecule has 0 aromatic heterocycles. The predicted octanol–water partition coefficient (Wildman–Crippen LogP) is -1.02. The maximum Gasteiger partial charge on any atom is 0.209 e. The van der Waals surface area contributed by atoms with E-state index in [4.69, 9.17) is 0 Å². The minimum absolute atomic E-state index is 0.467. The molecule has 0 aliphatic carbocycles. The number of amides is 1. The van der Waals surface area contributed by atoms with Gasteiger partial charge in [-0.05, 0) is 7.05 Å². The zero-order valence-corrected chi connectivity index (χ0v) is 7.79. The van der Waals surface area contributed by atoms with Crippen molar-refractivity contribution in [1.82, 2.24) is 15.1 Å². The number of hydrogen-bond donors (Lipinski definition) is 1. The molecule has 0 radical (unpaired) electrons. The minimum Gasteiger partial charge on any atom is -0.347 e. The van der Waals surface area contributed by atoms with Crippen molar-refractivity contribution in [1.29, 1.82) is 0 Å². The van der Waals surface area contributed by atoms with Crippen LogP contribution in [0.25, 0.3) is 0 Å². The van der Waals surface area contributed by atoms with Crippen LogP contribution in [0.15, 0.2) is 0 Å². The molecule has 1 fully saturated rings. The van der Waals surface area contributed by atoms with E-state index in [1.807, 2.05) is 7.05 Å². The lowest BCUT2D eigenvalue weighted by atomic mass is 10.2. The fourth-order valence-corrected chi connectivity index (χ4v) is 1.44. The summed E-state index contributed by atoms with van der Waals surface area (Å²) in [5, 5.41) is 3.31. The highest BCUT2D eigenvalue weighted by Gasteiger charge is 2.18. The van der Waals surface area contributed by atoms with E-state index in [9.17, 15) is 4.79 Å². The second-order valence-electron chi connectivity index (χ2n) is 3.38. The molecule has 0 aromatic carbocycles. The van der Waals surface area contributed by atoms with Crippen LogP contribution in [0.4, 0.5) is 0 Å². The second kappa shape index (κ2) is 4.42. The molecule has 12 heavy (non-hydrogen) atoms. The molecule has 1 unspecified atom stereocenters. The molecule has 1 amide bonds. The van der Waals surface area contributed by atoms with Gasteiger partial charge >= 0.3 is 0 Å². The van der Waals surface area contributed by atoms with Crippen LogP contribution in [-0.2, 0) is 4.79 Å². The Balaban J connectivity index is 2.33. The predicted molar refractivity (Wildman–Crippen MR) is 48.0 cm³/mol. The Morgan fingerprint density at radius 3 is 3.08 bits per heavy atom. The summed E-state index contributed by atoms with van der Waals surface area (Å²) < 4.78 is 0. The van der Waals surface area contributed by atoms with Crippen molar-refractivity contribution < 1.29 is 4.79 Å². The number of carbonyl (C=O) groups excluding carboxylic acids is 1. The Labute approximate surface area is 73.5 Å². The SMILES string of the molecule is CN(C=O)CC1CNCCN1C. The first-order valence-electron chi connectivity index (χ1n) is 4.30. The van der Waals surface area contributed by atoms with Gasteiger partial charge in [0, 0.05) is 39.3 Å². The Morgan fingerprint density at radius 2 is 2.50 bits per heavy atom. The summed E-state index contributed by atoms with van der Waals surface area (Å²) in [6, 6.07) is 0.467. The highest BCUT2D eigenvalue weighted by Crippen LogP contribution is 2.00. The van der Waals surface area contributed by atoms with Crippen LogP contribution in [0.5, 0.6) is 0 Å². The third kappa shape index (κ3) is 2.46. The summed E-state index contributed by atoms with van der Waals surface area (Å²) in [7, 11) is 3.92. The number of likely N-dealkylation sites (N-methyl/N-ethyl adjacent to an activating group) is 2. The van der Waals surface area contributed by atoms with Gasteiger partial charge in [-0.25, -0.2) is 0 Å². The van der Waals surface area contributed by atoms with Crippen molar-refractivity contribution in [3.05, 3.63) is 0 Å². The third-order valence-corrected chi connectivity index (χ3v) is 2.32. The van der Waals surface area contributed by atoms with Gasteiger partial charge in [-0.1, -0.05) is 0 Å². The molecule has 0 bridgehead atoms. The number of nitrogens with zero attached hydrogens (tertiary/aromatic N) is 2. The lowest BCUT2D eigenvalue weighted by Crippen LogP contribution is -2.53. The molecule has 1 aliphatic heterocycles. The van der Waals surface area contributed by atoms with Crippen molar-refractivity contribution >= 4 is 6.41 Å². The van der Waals surface area contributed by atoms with E-state index >= 15 is 0 Å². The van der Waals surface area contributed by atoms with Gasteiger partial charge in [0.05, 0.1) is 0 Å². The van der Waals surface area contributed by atoms with E-state index in [-0.39, 0.29) is 0 Å². The van der Waals surface area contributed by atoms with Crippen molar-refractivity contribution in [2.75, 3.05) is 40.3 Å². The Bertz CT molecular complexity index is 151. The molecule has 1 rings (SSSR count). The average molecular weight is 171 g/mol. The molecule has 4 nitrogen and oxygen atoms in total. The van der Waals surface area contributed by atoms with Crippen LogP contribution in [0, 0.1) is 0 Å². The zero-order chi connectivity index (χ0) is 8.97. The monoisotopic (exact) mass is 171 g/mol. The van der Waals surface area contributed by atoms with E-state index < -0.39 is 0 Å². The fourth-order valence-electron chi connectivity index (χ4n) is 1.44. The van der Waals surface area contributed by atoms with Gasteiger partial charge in [0.25, 0.3) is 0 Å². The first-order chi connectivity index (χ1) is 5.74. The topological polar surface area (TPSA) is 35.6 Å². The Kier molecular flexibility index (Phi) is 3.49. The molecule has 1 heterocycles. The number of piperazine rings is 1. The Hall–Kier alpha value is -0.610. The molecule has 1 saturated heterocycles. The first kappa shape index (κ1) is 9.48. The van der Waals surface area contributed by atoms with Gasteiger partial charge in [-0.15, -0.1) is 0 Å². The maximum atomic E-state index is 10.4. The number of hydrogen-bond acceptors (Lipinski definition) is 3. The quantitative estimate of drug-likeness (QED) is 0.552. The summed E-state index contributed by atoms with van der Waals surface area (Å²) in [5.74, 6) is 0. The van der Waals surface area contributed by atoms with Gasteiger partial charge < -0.3 is 10.2 Å². The van der Waals surface area contributed by atoms with E-state index in [0.717, 1.165) is 32.6 Å². The average Bonchev–Trinajstić information content (AvgIpc) is 2.09.